The highest BCUT2D eigenvalue weighted by molar-refractivity contribution is 5.83. The molecule has 1 aromatic rings. The van der Waals surface area contributed by atoms with Crippen LogP contribution in [0.3, 0.4) is 0 Å². The Morgan fingerprint density at radius 3 is 2.42 bits per heavy atom. The summed E-state index contributed by atoms with van der Waals surface area (Å²) in [6.45, 7) is 5.24. The van der Waals surface area contributed by atoms with Crippen molar-refractivity contribution in [2.45, 2.75) is 26.3 Å². The molecular formula is C15H21NO3. The smallest absolute Gasteiger partial charge is 0.233 e. The molecule has 1 aliphatic rings. The SMILES string of the molecule is CC(C)c1ccc(CNC(=O)C2(CO)COC2)cc1. The van der Waals surface area contributed by atoms with Crippen LogP contribution in [0.5, 0.6) is 0 Å². The lowest BCUT2D eigenvalue weighted by Crippen LogP contribution is -2.56. The van der Waals surface area contributed by atoms with Crippen LogP contribution in [0.2, 0.25) is 0 Å². The molecule has 1 saturated heterocycles. The number of amides is 1. The monoisotopic (exact) mass is 263 g/mol. The Kier molecular flexibility index (Phi) is 4.22. The molecule has 4 nitrogen and oxygen atoms in total. The van der Waals surface area contributed by atoms with Gasteiger partial charge in [0.25, 0.3) is 0 Å². The zero-order valence-corrected chi connectivity index (χ0v) is 11.5. The van der Waals surface area contributed by atoms with Crippen LogP contribution in [0.15, 0.2) is 24.3 Å². The Morgan fingerprint density at radius 2 is 2.00 bits per heavy atom. The second-order valence-corrected chi connectivity index (χ2v) is 5.51. The molecule has 0 unspecified atom stereocenters. The van der Waals surface area contributed by atoms with Crippen molar-refractivity contribution in [3.05, 3.63) is 35.4 Å². The lowest BCUT2D eigenvalue weighted by molar-refractivity contribution is -0.170. The van der Waals surface area contributed by atoms with Crippen molar-refractivity contribution >= 4 is 5.91 Å². The topological polar surface area (TPSA) is 58.6 Å². The second kappa shape index (κ2) is 5.72. The van der Waals surface area contributed by atoms with E-state index in [1.807, 2.05) is 12.1 Å². The molecule has 2 N–H and O–H groups in total. The Labute approximate surface area is 113 Å². The standard InChI is InChI=1S/C15H21NO3/c1-11(2)13-5-3-12(4-6-13)7-16-14(18)15(8-17)9-19-10-15/h3-6,11,17H,7-10H2,1-2H3,(H,16,18). The molecule has 0 atom stereocenters. The molecule has 2 rings (SSSR count). The largest absolute Gasteiger partial charge is 0.395 e. The van der Waals surface area contributed by atoms with Crippen molar-refractivity contribution in [3.8, 4) is 0 Å². The molecule has 0 bridgehead atoms. The van der Waals surface area contributed by atoms with E-state index in [0.29, 0.717) is 25.7 Å². The number of rotatable bonds is 5. The molecule has 104 valence electrons. The summed E-state index contributed by atoms with van der Waals surface area (Å²) in [5, 5.41) is 12.1. The number of carbonyl (C=O) groups excluding carboxylic acids is 1. The fourth-order valence-electron chi connectivity index (χ4n) is 2.03. The van der Waals surface area contributed by atoms with E-state index in [0.717, 1.165) is 5.56 Å². The summed E-state index contributed by atoms with van der Waals surface area (Å²) in [7, 11) is 0. The molecule has 0 spiro atoms. The molecule has 19 heavy (non-hydrogen) atoms. The molecule has 1 aromatic carbocycles. The van der Waals surface area contributed by atoms with Gasteiger partial charge in [-0.1, -0.05) is 38.1 Å². The predicted molar refractivity (Wildman–Crippen MR) is 72.7 cm³/mol. The van der Waals surface area contributed by atoms with Crippen LogP contribution in [0.4, 0.5) is 0 Å². The molecule has 0 saturated carbocycles. The average Bonchev–Trinajstić information content (AvgIpc) is 2.36. The molecule has 1 aliphatic heterocycles. The van der Waals surface area contributed by atoms with Crippen molar-refractivity contribution in [1.29, 1.82) is 0 Å². The fraction of sp³-hybridized carbons (Fsp3) is 0.533. The van der Waals surface area contributed by atoms with E-state index in [1.54, 1.807) is 0 Å². The van der Waals surface area contributed by atoms with Gasteiger partial charge in [0.05, 0.1) is 19.8 Å². The summed E-state index contributed by atoms with van der Waals surface area (Å²) in [4.78, 5) is 12.0. The maximum absolute atomic E-state index is 12.0. The molecule has 4 heteroatoms. The molecule has 1 heterocycles. The van der Waals surface area contributed by atoms with Gasteiger partial charge in [0.2, 0.25) is 5.91 Å². The van der Waals surface area contributed by atoms with E-state index in [9.17, 15) is 9.90 Å². The van der Waals surface area contributed by atoms with Crippen LogP contribution in [0.25, 0.3) is 0 Å². The molecular weight excluding hydrogens is 242 g/mol. The highest BCUT2D eigenvalue weighted by atomic mass is 16.5. The van der Waals surface area contributed by atoms with E-state index >= 15 is 0 Å². The van der Waals surface area contributed by atoms with E-state index in [1.165, 1.54) is 5.56 Å². The minimum Gasteiger partial charge on any atom is -0.395 e. The second-order valence-electron chi connectivity index (χ2n) is 5.51. The van der Waals surface area contributed by atoms with Crippen LogP contribution in [-0.2, 0) is 16.1 Å². The summed E-state index contributed by atoms with van der Waals surface area (Å²) >= 11 is 0. The Bertz CT molecular complexity index is 430. The summed E-state index contributed by atoms with van der Waals surface area (Å²) in [5.41, 5.74) is 1.62. The third-order valence-corrected chi connectivity index (χ3v) is 3.64. The van der Waals surface area contributed by atoms with Crippen LogP contribution < -0.4 is 5.32 Å². The fourth-order valence-corrected chi connectivity index (χ4v) is 2.03. The lowest BCUT2D eigenvalue weighted by Gasteiger charge is -2.38. The highest BCUT2D eigenvalue weighted by Gasteiger charge is 2.45. The van der Waals surface area contributed by atoms with Gasteiger partial charge in [-0.2, -0.15) is 0 Å². The third kappa shape index (κ3) is 2.96. The molecule has 0 aromatic heterocycles. The highest BCUT2D eigenvalue weighted by Crippen LogP contribution is 2.27. The summed E-state index contributed by atoms with van der Waals surface area (Å²) in [6, 6.07) is 8.22. The van der Waals surface area contributed by atoms with Crippen molar-refractivity contribution in [3.63, 3.8) is 0 Å². The van der Waals surface area contributed by atoms with Gasteiger partial charge in [-0.15, -0.1) is 0 Å². The van der Waals surface area contributed by atoms with Gasteiger partial charge in [-0.3, -0.25) is 4.79 Å². The molecule has 1 amide bonds. The Morgan fingerprint density at radius 1 is 1.37 bits per heavy atom. The zero-order valence-electron chi connectivity index (χ0n) is 11.5. The van der Waals surface area contributed by atoms with Gasteiger partial charge in [-0.05, 0) is 17.0 Å². The van der Waals surface area contributed by atoms with Gasteiger partial charge in [0.1, 0.15) is 5.41 Å². The van der Waals surface area contributed by atoms with Crippen LogP contribution in [0, 0.1) is 5.41 Å². The van der Waals surface area contributed by atoms with Gasteiger partial charge in [-0.25, -0.2) is 0 Å². The number of benzene rings is 1. The third-order valence-electron chi connectivity index (χ3n) is 3.64. The molecule has 1 fully saturated rings. The maximum Gasteiger partial charge on any atom is 0.233 e. The first-order valence-electron chi connectivity index (χ1n) is 6.63. The maximum atomic E-state index is 12.0. The predicted octanol–water partition coefficient (Wildman–Crippen LogP) is 1.44. The van der Waals surface area contributed by atoms with Crippen LogP contribution in [0.1, 0.15) is 30.9 Å². The Balaban J connectivity index is 1.90. The molecule has 0 radical (unpaired) electrons. The van der Waals surface area contributed by atoms with E-state index in [-0.39, 0.29) is 12.5 Å². The summed E-state index contributed by atoms with van der Waals surface area (Å²) < 4.78 is 5.02. The lowest BCUT2D eigenvalue weighted by atomic mass is 9.86. The Hall–Kier alpha value is -1.39. The van der Waals surface area contributed by atoms with Gasteiger partial charge >= 0.3 is 0 Å². The minimum atomic E-state index is -0.724. The number of carbonyl (C=O) groups is 1. The average molecular weight is 263 g/mol. The van der Waals surface area contributed by atoms with Gasteiger partial charge in [0.15, 0.2) is 0 Å². The number of hydrogen-bond acceptors (Lipinski definition) is 3. The minimum absolute atomic E-state index is 0.130. The van der Waals surface area contributed by atoms with Crippen LogP contribution in [-0.4, -0.2) is 30.8 Å². The number of ether oxygens (including phenoxy) is 1. The number of nitrogens with one attached hydrogen (secondary N) is 1. The van der Waals surface area contributed by atoms with Crippen molar-refractivity contribution in [2.24, 2.45) is 5.41 Å². The van der Waals surface area contributed by atoms with Crippen molar-refractivity contribution in [1.82, 2.24) is 5.32 Å². The first kappa shape index (κ1) is 14.0. The van der Waals surface area contributed by atoms with Crippen molar-refractivity contribution in [2.75, 3.05) is 19.8 Å². The molecule has 0 aliphatic carbocycles. The van der Waals surface area contributed by atoms with Gasteiger partial charge < -0.3 is 15.2 Å². The number of hydrogen-bond donors (Lipinski definition) is 2. The first-order chi connectivity index (χ1) is 9.07. The normalized spacial score (nSPS) is 17.1. The van der Waals surface area contributed by atoms with Crippen LogP contribution >= 0.6 is 0 Å². The van der Waals surface area contributed by atoms with Gasteiger partial charge in [0, 0.05) is 6.54 Å². The summed E-state index contributed by atoms with van der Waals surface area (Å²) in [6.07, 6.45) is 0. The number of aliphatic hydroxyl groups excluding tert-OH is 1. The zero-order chi connectivity index (χ0) is 13.9. The quantitative estimate of drug-likeness (QED) is 0.845. The number of aliphatic hydroxyl groups is 1. The van der Waals surface area contributed by atoms with E-state index in [2.05, 4.69) is 31.3 Å². The van der Waals surface area contributed by atoms with Crippen molar-refractivity contribution < 1.29 is 14.6 Å². The summed E-state index contributed by atoms with van der Waals surface area (Å²) in [5.74, 6) is 0.377. The van der Waals surface area contributed by atoms with E-state index in [4.69, 9.17) is 4.74 Å². The van der Waals surface area contributed by atoms with E-state index < -0.39 is 5.41 Å². The first-order valence-corrected chi connectivity index (χ1v) is 6.63.